The Morgan fingerprint density at radius 3 is 2.64 bits per heavy atom. The molecular weight excluding hydrogens is 358 g/mol. The van der Waals surface area contributed by atoms with Crippen LogP contribution in [-0.2, 0) is 20.7 Å². The minimum absolute atomic E-state index is 0.0141. The molecule has 0 spiro atoms. The van der Waals surface area contributed by atoms with Crippen LogP contribution in [-0.4, -0.2) is 36.7 Å². The van der Waals surface area contributed by atoms with Crippen LogP contribution in [0, 0.1) is 0 Å². The summed E-state index contributed by atoms with van der Waals surface area (Å²) in [4.78, 5) is 23.7. The quantitative estimate of drug-likeness (QED) is 0.513. The lowest BCUT2D eigenvalue weighted by molar-refractivity contribution is -0.144. The maximum Gasteiger partial charge on any atom is 0.331 e. The summed E-state index contributed by atoms with van der Waals surface area (Å²) in [6.07, 6.45) is 4.40. The summed E-state index contributed by atoms with van der Waals surface area (Å²) in [6, 6.07) is 14.7. The molecule has 1 amide bonds. The number of amides is 1. The van der Waals surface area contributed by atoms with Crippen LogP contribution in [0.15, 0.2) is 54.6 Å². The lowest BCUT2D eigenvalue weighted by Gasteiger charge is -2.13. The molecule has 0 heterocycles. The van der Waals surface area contributed by atoms with Crippen LogP contribution in [0.5, 0.6) is 11.5 Å². The van der Waals surface area contributed by atoms with Crippen LogP contribution in [0.25, 0.3) is 6.08 Å². The zero-order chi connectivity index (χ0) is 20.4. The van der Waals surface area contributed by atoms with Gasteiger partial charge in [-0.25, -0.2) is 4.79 Å². The zero-order valence-electron chi connectivity index (χ0n) is 16.1. The van der Waals surface area contributed by atoms with Gasteiger partial charge in [0.1, 0.15) is 0 Å². The molecule has 0 saturated carbocycles. The molecule has 6 nitrogen and oxygen atoms in total. The number of aryl methyl sites for hydroxylation is 1. The summed E-state index contributed by atoms with van der Waals surface area (Å²) in [5.41, 5.74) is 1.87. The van der Waals surface area contributed by atoms with E-state index in [1.54, 1.807) is 12.1 Å². The standard InChI is InChI=1S/C22H25NO5/c1-16(8-9-17-6-4-3-5-7-17)23-21(25)15-28-22(26)13-11-18-10-12-19(24)20(14-18)27-2/h3-7,10-14,16,24H,8-9,15H2,1-2H3,(H,23,25)/b13-11+/t16-/m1/s1. The van der Waals surface area contributed by atoms with E-state index in [0.717, 1.165) is 12.8 Å². The first-order valence-electron chi connectivity index (χ1n) is 9.03. The molecule has 0 aliphatic heterocycles. The predicted molar refractivity (Wildman–Crippen MR) is 107 cm³/mol. The Kier molecular flexibility index (Phi) is 8.09. The van der Waals surface area contributed by atoms with Crippen molar-refractivity contribution in [3.63, 3.8) is 0 Å². The summed E-state index contributed by atoms with van der Waals surface area (Å²) < 4.78 is 9.95. The lowest BCUT2D eigenvalue weighted by Crippen LogP contribution is -2.36. The van der Waals surface area contributed by atoms with Gasteiger partial charge < -0.3 is 19.9 Å². The Morgan fingerprint density at radius 1 is 1.18 bits per heavy atom. The van der Waals surface area contributed by atoms with E-state index in [4.69, 9.17) is 9.47 Å². The van der Waals surface area contributed by atoms with E-state index in [0.29, 0.717) is 11.3 Å². The number of methoxy groups -OCH3 is 1. The van der Waals surface area contributed by atoms with Gasteiger partial charge in [-0.3, -0.25) is 4.79 Å². The highest BCUT2D eigenvalue weighted by Gasteiger charge is 2.09. The Bertz CT molecular complexity index is 817. The van der Waals surface area contributed by atoms with Crippen molar-refractivity contribution in [3.8, 4) is 11.5 Å². The molecule has 2 aromatic rings. The Labute approximate surface area is 164 Å². The zero-order valence-corrected chi connectivity index (χ0v) is 16.1. The van der Waals surface area contributed by atoms with Crippen molar-refractivity contribution in [2.75, 3.05) is 13.7 Å². The van der Waals surface area contributed by atoms with E-state index in [9.17, 15) is 14.7 Å². The highest BCUT2D eigenvalue weighted by molar-refractivity contribution is 5.89. The second-order valence-electron chi connectivity index (χ2n) is 6.37. The Hall–Kier alpha value is -3.28. The van der Waals surface area contributed by atoms with Gasteiger partial charge in [0.25, 0.3) is 5.91 Å². The first kappa shape index (κ1) is 21.0. The van der Waals surface area contributed by atoms with Gasteiger partial charge in [0.2, 0.25) is 0 Å². The molecule has 0 unspecified atom stereocenters. The van der Waals surface area contributed by atoms with Gasteiger partial charge in [0.15, 0.2) is 18.1 Å². The molecule has 0 aliphatic rings. The largest absolute Gasteiger partial charge is 0.504 e. The number of carbonyl (C=O) groups is 2. The number of nitrogens with one attached hydrogen (secondary N) is 1. The molecule has 0 bridgehead atoms. The van der Waals surface area contributed by atoms with Crippen molar-refractivity contribution in [1.29, 1.82) is 0 Å². The molecule has 0 aliphatic carbocycles. The van der Waals surface area contributed by atoms with Crippen molar-refractivity contribution in [1.82, 2.24) is 5.32 Å². The number of rotatable bonds is 9. The van der Waals surface area contributed by atoms with Crippen LogP contribution in [0.1, 0.15) is 24.5 Å². The maximum atomic E-state index is 11.9. The van der Waals surface area contributed by atoms with E-state index in [2.05, 4.69) is 5.32 Å². The molecule has 148 valence electrons. The molecule has 28 heavy (non-hydrogen) atoms. The van der Waals surface area contributed by atoms with Crippen molar-refractivity contribution >= 4 is 18.0 Å². The number of hydrogen-bond acceptors (Lipinski definition) is 5. The summed E-state index contributed by atoms with van der Waals surface area (Å²) in [7, 11) is 1.44. The smallest absolute Gasteiger partial charge is 0.331 e. The second-order valence-corrected chi connectivity index (χ2v) is 6.37. The molecule has 0 radical (unpaired) electrons. The van der Waals surface area contributed by atoms with E-state index in [-0.39, 0.29) is 24.3 Å². The minimum Gasteiger partial charge on any atom is -0.504 e. The fourth-order valence-corrected chi connectivity index (χ4v) is 2.56. The lowest BCUT2D eigenvalue weighted by atomic mass is 10.1. The fraction of sp³-hybridized carbons (Fsp3) is 0.273. The third-order valence-corrected chi connectivity index (χ3v) is 4.08. The summed E-state index contributed by atoms with van der Waals surface area (Å²) in [5, 5.41) is 12.4. The molecule has 0 saturated heterocycles. The monoisotopic (exact) mass is 383 g/mol. The number of carbonyl (C=O) groups excluding carboxylic acids is 2. The number of hydrogen-bond donors (Lipinski definition) is 2. The minimum atomic E-state index is -0.626. The number of benzene rings is 2. The molecule has 2 aromatic carbocycles. The molecule has 6 heteroatoms. The number of esters is 1. The molecule has 2 rings (SSSR count). The van der Waals surface area contributed by atoms with E-state index in [1.165, 1.54) is 30.9 Å². The van der Waals surface area contributed by atoms with Gasteiger partial charge in [-0.1, -0.05) is 36.4 Å². The normalized spacial score (nSPS) is 11.8. The van der Waals surface area contributed by atoms with Crippen LogP contribution >= 0.6 is 0 Å². The molecule has 0 aromatic heterocycles. The van der Waals surface area contributed by atoms with Crippen molar-refractivity contribution in [2.45, 2.75) is 25.8 Å². The Morgan fingerprint density at radius 2 is 1.93 bits per heavy atom. The van der Waals surface area contributed by atoms with E-state index >= 15 is 0 Å². The van der Waals surface area contributed by atoms with Crippen LogP contribution < -0.4 is 10.1 Å². The van der Waals surface area contributed by atoms with Gasteiger partial charge in [-0.05, 0) is 49.1 Å². The summed E-state index contributed by atoms with van der Waals surface area (Å²) in [5.74, 6) is -0.646. The first-order valence-corrected chi connectivity index (χ1v) is 9.03. The average Bonchev–Trinajstić information content (AvgIpc) is 2.71. The molecular formula is C22H25NO5. The summed E-state index contributed by atoms with van der Waals surface area (Å²) in [6.45, 7) is 1.58. The van der Waals surface area contributed by atoms with Gasteiger partial charge >= 0.3 is 5.97 Å². The van der Waals surface area contributed by atoms with Gasteiger partial charge in [0.05, 0.1) is 7.11 Å². The van der Waals surface area contributed by atoms with Crippen LogP contribution in [0.4, 0.5) is 0 Å². The van der Waals surface area contributed by atoms with E-state index in [1.807, 2.05) is 37.3 Å². The van der Waals surface area contributed by atoms with Gasteiger partial charge in [-0.2, -0.15) is 0 Å². The fourth-order valence-electron chi connectivity index (χ4n) is 2.56. The first-order chi connectivity index (χ1) is 13.5. The van der Waals surface area contributed by atoms with E-state index < -0.39 is 5.97 Å². The van der Waals surface area contributed by atoms with Crippen molar-refractivity contribution in [3.05, 3.63) is 65.7 Å². The molecule has 1 atom stereocenters. The maximum absolute atomic E-state index is 11.9. The average molecular weight is 383 g/mol. The highest BCUT2D eigenvalue weighted by atomic mass is 16.5. The predicted octanol–water partition coefficient (Wildman–Crippen LogP) is 3.09. The van der Waals surface area contributed by atoms with Crippen molar-refractivity contribution < 1.29 is 24.2 Å². The summed E-state index contributed by atoms with van der Waals surface area (Å²) >= 11 is 0. The third kappa shape index (κ3) is 7.15. The number of aromatic hydroxyl groups is 1. The third-order valence-electron chi connectivity index (χ3n) is 4.08. The molecule has 0 fully saturated rings. The van der Waals surface area contributed by atoms with Crippen molar-refractivity contribution in [2.24, 2.45) is 0 Å². The van der Waals surface area contributed by atoms with Gasteiger partial charge in [0, 0.05) is 12.1 Å². The highest BCUT2D eigenvalue weighted by Crippen LogP contribution is 2.26. The SMILES string of the molecule is COc1cc(/C=C/C(=O)OCC(=O)N[C@H](C)CCc2ccccc2)ccc1O. The number of phenols is 1. The molecule has 2 N–H and O–H groups in total. The second kappa shape index (κ2) is 10.8. The number of phenolic OH excluding ortho intramolecular Hbond substituents is 1. The Balaban J connectivity index is 1.72. The topological polar surface area (TPSA) is 84.9 Å². The van der Waals surface area contributed by atoms with Gasteiger partial charge in [-0.15, -0.1) is 0 Å². The van der Waals surface area contributed by atoms with Crippen LogP contribution in [0.3, 0.4) is 0 Å². The number of ether oxygens (including phenoxy) is 2. The van der Waals surface area contributed by atoms with Crippen LogP contribution in [0.2, 0.25) is 0 Å².